The van der Waals surface area contributed by atoms with E-state index in [0.717, 1.165) is 11.8 Å². The van der Waals surface area contributed by atoms with Gasteiger partial charge in [0.2, 0.25) is 0 Å². The van der Waals surface area contributed by atoms with Gasteiger partial charge in [-0.3, -0.25) is 9.59 Å². The number of hydrogen-bond acceptors (Lipinski definition) is 7. The van der Waals surface area contributed by atoms with Gasteiger partial charge in [-0.05, 0) is 26.7 Å². The molecule has 1 aliphatic heterocycles. The standard InChI is InChI=1S/C19H22N2O5.ClH/c1-19(2)8-7-13-16(26-19)11-5-3-4-6-12(11)17(24-14(22)9-20)18(13)25-15(23)10-21;/h3-6H,7-10,20-21H2,1-2H3;1H. The molecule has 4 N–H and O–H groups in total. The van der Waals surface area contributed by atoms with Crippen LogP contribution in [0.25, 0.3) is 10.8 Å². The Balaban J connectivity index is 0.00000261. The van der Waals surface area contributed by atoms with E-state index in [0.29, 0.717) is 23.1 Å². The van der Waals surface area contributed by atoms with E-state index in [4.69, 9.17) is 25.7 Å². The number of carbonyl (C=O) groups is 2. The van der Waals surface area contributed by atoms with Gasteiger partial charge < -0.3 is 25.7 Å². The number of benzene rings is 2. The lowest BCUT2D eigenvalue weighted by atomic mass is 9.91. The molecule has 1 aliphatic rings. The van der Waals surface area contributed by atoms with Gasteiger partial charge in [0.1, 0.15) is 11.4 Å². The molecule has 2 aromatic rings. The maximum absolute atomic E-state index is 11.9. The van der Waals surface area contributed by atoms with Gasteiger partial charge in [-0.25, -0.2) is 0 Å². The number of halogens is 1. The van der Waals surface area contributed by atoms with Crippen molar-refractivity contribution in [2.24, 2.45) is 11.5 Å². The summed E-state index contributed by atoms with van der Waals surface area (Å²) in [5, 5.41) is 1.38. The maximum atomic E-state index is 11.9. The number of carbonyl (C=O) groups excluding carboxylic acids is 2. The molecular formula is C19H23ClN2O5. The summed E-state index contributed by atoms with van der Waals surface area (Å²) in [7, 11) is 0. The summed E-state index contributed by atoms with van der Waals surface area (Å²) in [4.78, 5) is 23.7. The molecule has 146 valence electrons. The van der Waals surface area contributed by atoms with Crippen LogP contribution in [0, 0.1) is 0 Å². The van der Waals surface area contributed by atoms with Crippen molar-refractivity contribution in [1.82, 2.24) is 0 Å². The summed E-state index contributed by atoms with van der Waals surface area (Å²) < 4.78 is 17.1. The van der Waals surface area contributed by atoms with Crippen LogP contribution in [-0.4, -0.2) is 30.6 Å². The first kappa shape index (κ1) is 21.0. The quantitative estimate of drug-likeness (QED) is 0.602. The van der Waals surface area contributed by atoms with Crippen molar-refractivity contribution in [3.8, 4) is 17.2 Å². The molecule has 1 heterocycles. The van der Waals surface area contributed by atoms with Gasteiger partial charge in [0, 0.05) is 16.3 Å². The lowest BCUT2D eigenvalue weighted by Crippen LogP contribution is -2.33. The van der Waals surface area contributed by atoms with E-state index in [1.807, 2.05) is 26.0 Å². The lowest BCUT2D eigenvalue weighted by molar-refractivity contribution is -0.135. The van der Waals surface area contributed by atoms with Crippen molar-refractivity contribution in [2.45, 2.75) is 32.3 Å². The second-order valence-corrected chi connectivity index (χ2v) is 6.73. The molecule has 0 bridgehead atoms. The second-order valence-electron chi connectivity index (χ2n) is 6.73. The van der Waals surface area contributed by atoms with Crippen LogP contribution < -0.4 is 25.7 Å². The number of ether oxygens (including phenoxy) is 3. The predicted octanol–water partition coefficient (Wildman–Crippen LogP) is 2.09. The maximum Gasteiger partial charge on any atom is 0.325 e. The van der Waals surface area contributed by atoms with Crippen LogP contribution in [0.3, 0.4) is 0 Å². The van der Waals surface area contributed by atoms with Crippen LogP contribution >= 0.6 is 12.4 Å². The minimum absolute atomic E-state index is 0. The first-order valence-electron chi connectivity index (χ1n) is 8.44. The number of fused-ring (bicyclic) bond motifs is 3. The average Bonchev–Trinajstić information content (AvgIpc) is 2.63. The molecule has 8 heteroatoms. The zero-order valence-corrected chi connectivity index (χ0v) is 16.1. The van der Waals surface area contributed by atoms with Crippen LogP contribution in [0.4, 0.5) is 0 Å². The molecule has 0 fully saturated rings. The zero-order valence-electron chi connectivity index (χ0n) is 15.2. The van der Waals surface area contributed by atoms with Crippen molar-refractivity contribution in [3.05, 3.63) is 29.8 Å². The average molecular weight is 395 g/mol. The Labute approximate surface area is 163 Å². The third-order valence-corrected chi connectivity index (χ3v) is 4.29. The summed E-state index contributed by atoms with van der Waals surface area (Å²) in [5.74, 6) is -0.287. The third-order valence-electron chi connectivity index (χ3n) is 4.29. The lowest BCUT2D eigenvalue weighted by Gasteiger charge is -2.34. The minimum atomic E-state index is -0.628. The molecule has 0 spiro atoms. The van der Waals surface area contributed by atoms with Crippen LogP contribution in [0.15, 0.2) is 24.3 Å². The van der Waals surface area contributed by atoms with E-state index >= 15 is 0 Å². The SMILES string of the molecule is CC1(C)CCc2c(OC(=O)CN)c(OC(=O)CN)c3ccccc3c2O1.Cl. The number of rotatable bonds is 4. The Kier molecular flexibility index (Phi) is 6.30. The molecule has 7 nitrogen and oxygen atoms in total. The van der Waals surface area contributed by atoms with Gasteiger partial charge in [-0.1, -0.05) is 24.3 Å². The highest BCUT2D eigenvalue weighted by molar-refractivity contribution is 5.99. The van der Waals surface area contributed by atoms with Crippen molar-refractivity contribution in [2.75, 3.05) is 13.1 Å². The predicted molar refractivity (Wildman–Crippen MR) is 104 cm³/mol. The molecule has 0 radical (unpaired) electrons. The molecule has 27 heavy (non-hydrogen) atoms. The van der Waals surface area contributed by atoms with Crippen molar-refractivity contribution in [1.29, 1.82) is 0 Å². The van der Waals surface area contributed by atoms with E-state index < -0.39 is 11.9 Å². The number of esters is 2. The second kappa shape index (κ2) is 8.12. The normalized spacial score (nSPS) is 14.5. The number of hydrogen-bond donors (Lipinski definition) is 2. The first-order chi connectivity index (χ1) is 12.4. The summed E-state index contributed by atoms with van der Waals surface area (Å²) in [6.45, 7) is 3.41. The van der Waals surface area contributed by atoms with Crippen LogP contribution in [-0.2, 0) is 16.0 Å². The van der Waals surface area contributed by atoms with Gasteiger partial charge >= 0.3 is 11.9 Å². The van der Waals surface area contributed by atoms with Crippen LogP contribution in [0.1, 0.15) is 25.8 Å². The van der Waals surface area contributed by atoms with Crippen LogP contribution in [0.5, 0.6) is 17.2 Å². The third kappa shape index (κ3) is 4.16. The highest BCUT2D eigenvalue weighted by Crippen LogP contribution is 2.50. The van der Waals surface area contributed by atoms with E-state index in [2.05, 4.69) is 0 Å². The Morgan fingerprint density at radius 3 is 2.19 bits per heavy atom. The fourth-order valence-corrected chi connectivity index (χ4v) is 3.02. The molecule has 2 aromatic carbocycles. The van der Waals surface area contributed by atoms with Crippen LogP contribution in [0.2, 0.25) is 0 Å². The highest BCUT2D eigenvalue weighted by Gasteiger charge is 2.34. The van der Waals surface area contributed by atoms with Crippen molar-refractivity contribution >= 4 is 35.1 Å². The van der Waals surface area contributed by atoms with E-state index in [1.165, 1.54) is 0 Å². The summed E-state index contributed by atoms with van der Waals surface area (Å²) in [6.07, 6.45) is 1.32. The van der Waals surface area contributed by atoms with Gasteiger partial charge in [-0.2, -0.15) is 0 Å². The monoisotopic (exact) mass is 394 g/mol. The fraction of sp³-hybridized carbons (Fsp3) is 0.368. The molecule has 0 unspecified atom stereocenters. The summed E-state index contributed by atoms with van der Waals surface area (Å²) >= 11 is 0. The summed E-state index contributed by atoms with van der Waals surface area (Å²) in [5.41, 5.74) is 11.1. The van der Waals surface area contributed by atoms with E-state index in [9.17, 15) is 9.59 Å². The largest absolute Gasteiger partial charge is 0.487 e. The molecule has 0 aliphatic carbocycles. The fourth-order valence-electron chi connectivity index (χ4n) is 3.02. The zero-order chi connectivity index (χ0) is 18.9. The van der Waals surface area contributed by atoms with E-state index in [1.54, 1.807) is 12.1 Å². The Morgan fingerprint density at radius 2 is 1.59 bits per heavy atom. The molecule has 0 saturated heterocycles. The summed E-state index contributed by atoms with van der Waals surface area (Å²) in [6, 6.07) is 7.33. The van der Waals surface area contributed by atoms with Gasteiger partial charge in [0.05, 0.1) is 13.1 Å². The topological polar surface area (TPSA) is 114 Å². The van der Waals surface area contributed by atoms with E-state index in [-0.39, 0.29) is 42.6 Å². The van der Waals surface area contributed by atoms with Crippen molar-refractivity contribution in [3.63, 3.8) is 0 Å². The Bertz CT molecular complexity index is 882. The van der Waals surface area contributed by atoms with Crippen molar-refractivity contribution < 1.29 is 23.8 Å². The van der Waals surface area contributed by atoms with Gasteiger partial charge in [-0.15, -0.1) is 12.4 Å². The van der Waals surface area contributed by atoms with Gasteiger partial charge in [0.25, 0.3) is 0 Å². The highest BCUT2D eigenvalue weighted by atomic mass is 35.5. The molecular weight excluding hydrogens is 372 g/mol. The minimum Gasteiger partial charge on any atom is -0.487 e. The van der Waals surface area contributed by atoms with Gasteiger partial charge in [0.15, 0.2) is 11.5 Å². The molecule has 0 aromatic heterocycles. The molecule has 0 saturated carbocycles. The first-order valence-corrected chi connectivity index (χ1v) is 8.44. The Morgan fingerprint density at radius 1 is 1.04 bits per heavy atom. The molecule has 3 rings (SSSR count). The number of nitrogens with two attached hydrogens (primary N) is 2. The molecule has 0 atom stereocenters. The smallest absolute Gasteiger partial charge is 0.325 e. The Hall–Kier alpha value is -2.35. The molecule has 0 amide bonds.